The molecule has 0 bridgehead atoms. The van der Waals surface area contributed by atoms with Gasteiger partial charge >= 0.3 is 0 Å². The van der Waals surface area contributed by atoms with Crippen molar-refractivity contribution in [2.45, 2.75) is 13.0 Å². The number of carbonyl (C=O) groups excluding carboxylic acids is 1. The molecule has 2 rings (SSSR count). The summed E-state index contributed by atoms with van der Waals surface area (Å²) in [6.45, 7) is 1.59. The van der Waals surface area contributed by atoms with Crippen LogP contribution >= 0.6 is 0 Å². The van der Waals surface area contributed by atoms with Crippen LogP contribution in [-0.2, 0) is 0 Å². The van der Waals surface area contributed by atoms with Gasteiger partial charge in [0.1, 0.15) is 17.4 Å². The van der Waals surface area contributed by atoms with E-state index in [1.165, 1.54) is 30.4 Å². The lowest BCUT2D eigenvalue weighted by molar-refractivity contribution is 0.0739. The Morgan fingerprint density at radius 1 is 1.29 bits per heavy atom. The summed E-state index contributed by atoms with van der Waals surface area (Å²) < 4.78 is 27.0. The zero-order valence-electron chi connectivity index (χ0n) is 11.5. The van der Waals surface area contributed by atoms with Gasteiger partial charge < -0.3 is 10.0 Å². The lowest BCUT2D eigenvalue weighted by atomic mass is 10.1. The van der Waals surface area contributed by atoms with Crippen molar-refractivity contribution in [3.05, 3.63) is 59.4 Å². The zero-order chi connectivity index (χ0) is 15.6. The maximum absolute atomic E-state index is 13.8. The summed E-state index contributed by atoms with van der Waals surface area (Å²) in [4.78, 5) is 17.2. The van der Waals surface area contributed by atoms with Crippen molar-refractivity contribution in [1.82, 2.24) is 9.88 Å². The number of aromatic nitrogens is 1. The zero-order valence-corrected chi connectivity index (χ0v) is 11.5. The molecule has 4 nitrogen and oxygen atoms in total. The van der Waals surface area contributed by atoms with E-state index in [4.69, 9.17) is 0 Å². The summed E-state index contributed by atoms with van der Waals surface area (Å²) in [5.74, 6) is -1.75. The van der Waals surface area contributed by atoms with E-state index in [0.29, 0.717) is 0 Å². The molecule has 1 heterocycles. The number of aromatic hydroxyl groups is 1. The van der Waals surface area contributed by atoms with Crippen molar-refractivity contribution in [1.29, 1.82) is 0 Å². The van der Waals surface area contributed by atoms with Crippen LogP contribution in [0.15, 0.2) is 36.7 Å². The molecule has 0 saturated carbocycles. The van der Waals surface area contributed by atoms with Gasteiger partial charge in [-0.15, -0.1) is 0 Å². The predicted molar refractivity (Wildman–Crippen MR) is 72.8 cm³/mol. The Balaban J connectivity index is 2.28. The summed E-state index contributed by atoms with van der Waals surface area (Å²) >= 11 is 0. The third-order valence-corrected chi connectivity index (χ3v) is 3.28. The molecule has 0 aliphatic carbocycles. The number of benzene rings is 1. The molecule has 1 aromatic carbocycles. The van der Waals surface area contributed by atoms with Crippen molar-refractivity contribution in [2.24, 2.45) is 0 Å². The average molecular weight is 292 g/mol. The predicted octanol–water partition coefficient (Wildman–Crippen LogP) is 2.90. The average Bonchev–Trinajstić information content (AvgIpc) is 2.47. The Morgan fingerprint density at radius 2 is 2.00 bits per heavy atom. The van der Waals surface area contributed by atoms with Gasteiger partial charge in [0.2, 0.25) is 0 Å². The first-order valence-corrected chi connectivity index (χ1v) is 6.26. The van der Waals surface area contributed by atoms with Gasteiger partial charge in [0.15, 0.2) is 0 Å². The molecule has 0 radical (unpaired) electrons. The molecule has 110 valence electrons. The number of hydrogen-bond acceptors (Lipinski definition) is 3. The molecule has 0 saturated heterocycles. The largest absolute Gasteiger partial charge is 0.506 e. The second-order valence-corrected chi connectivity index (χ2v) is 4.69. The lowest BCUT2D eigenvalue weighted by Gasteiger charge is -2.25. The maximum atomic E-state index is 13.8. The van der Waals surface area contributed by atoms with Gasteiger partial charge in [-0.05, 0) is 31.2 Å². The molecular formula is C15H14F2N2O2. The summed E-state index contributed by atoms with van der Waals surface area (Å²) in [5, 5.41) is 9.34. The van der Waals surface area contributed by atoms with E-state index in [1.54, 1.807) is 6.92 Å². The van der Waals surface area contributed by atoms with E-state index in [1.807, 2.05) is 0 Å². The number of pyridine rings is 1. The molecule has 2 aromatic rings. The normalized spacial score (nSPS) is 12.0. The molecule has 0 spiro atoms. The van der Waals surface area contributed by atoms with Crippen molar-refractivity contribution in [3.8, 4) is 5.75 Å². The molecule has 1 amide bonds. The number of amides is 1. The lowest BCUT2D eigenvalue weighted by Crippen LogP contribution is -2.30. The topological polar surface area (TPSA) is 53.4 Å². The summed E-state index contributed by atoms with van der Waals surface area (Å²) in [7, 11) is 1.47. The minimum absolute atomic E-state index is 0.0824. The van der Waals surface area contributed by atoms with Crippen molar-refractivity contribution < 1.29 is 18.7 Å². The van der Waals surface area contributed by atoms with Crippen LogP contribution in [0.4, 0.5) is 8.78 Å². The Hall–Kier alpha value is -2.50. The van der Waals surface area contributed by atoms with Crippen LogP contribution < -0.4 is 0 Å². The van der Waals surface area contributed by atoms with Crippen LogP contribution in [-0.4, -0.2) is 27.9 Å². The van der Waals surface area contributed by atoms with Crippen LogP contribution in [0.5, 0.6) is 5.75 Å². The highest BCUT2D eigenvalue weighted by atomic mass is 19.1. The van der Waals surface area contributed by atoms with Crippen LogP contribution in [0.25, 0.3) is 0 Å². The Morgan fingerprint density at radius 3 is 2.67 bits per heavy atom. The smallest absolute Gasteiger partial charge is 0.255 e. The van der Waals surface area contributed by atoms with Gasteiger partial charge in [-0.1, -0.05) is 0 Å². The summed E-state index contributed by atoms with van der Waals surface area (Å²) in [6.07, 6.45) is 2.50. The molecule has 0 aliphatic rings. The SMILES string of the molecule is CC(c1cc(F)ccc1F)N(C)C(=O)c1cncc(O)c1. The molecule has 21 heavy (non-hydrogen) atoms. The Kier molecular flexibility index (Phi) is 4.16. The molecule has 1 unspecified atom stereocenters. The number of rotatable bonds is 3. The minimum atomic E-state index is -0.671. The summed E-state index contributed by atoms with van der Waals surface area (Å²) in [5.41, 5.74) is 0.250. The first kappa shape index (κ1) is 14.9. The van der Waals surface area contributed by atoms with Gasteiger partial charge in [-0.3, -0.25) is 9.78 Å². The van der Waals surface area contributed by atoms with Crippen LogP contribution in [0.1, 0.15) is 28.9 Å². The first-order chi connectivity index (χ1) is 9.90. The van der Waals surface area contributed by atoms with E-state index in [2.05, 4.69) is 4.98 Å². The number of halogens is 2. The fraction of sp³-hybridized carbons (Fsp3) is 0.200. The number of carbonyl (C=O) groups is 1. The minimum Gasteiger partial charge on any atom is -0.506 e. The number of nitrogens with zero attached hydrogens (tertiary/aromatic N) is 2. The van der Waals surface area contributed by atoms with E-state index < -0.39 is 23.6 Å². The van der Waals surface area contributed by atoms with Gasteiger partial charge in [0.05, 0.1) is 17.8 Å². The molecule has 1 aromatic heterocycles. The van der Waals surface area contributed by atoms with Crippen molar-refractivity contribution >= 4 is 5.91 Å². The van der Waals surface area contributed by atoms with E-state index in [9.17, 15) is 18.7 Å². The van der Waals surface area contributed by atoms with E-state index in [0.717, 1.165) is 18.2 Å². The maximum Gasteiger partial charge on any atom is 0.255 e. The highest BCUT2D eigenvalue weighted by Crippen LogP contribution is 2.24. The van der Waals surface area contributed by atoms with E-state index >= 15 is 0 Å². The van der Waals surface area contributed by atoms with Crippen LogP contribution in [0.2, 0.25) is 0 Å². The van der Waals surface area contributed by atoms with E-state index in [-0.39, 0.29) is 16.9 Å². The quantitative estimate of drug-likeness (QED) is 0.946. The third kappa shape index (κ3) is 3.16. The Labute approximate surface area is 120 Å². The first-order valence-electron chi connectivity index (χ1n) is 6.26. The summed E-state index contributed by atoms with van der Waals surface area (Å²) in [6, 6.07) is 3.70. The fourth-order valence-corrected chi connectivity index (χ4v) is 1.97. The highest BCUT2D eigenvalue weighted by molar-refractivity contribution is 5.94. The fourth-order valence-electron chi connectivity index (χ4n) is 1.97. The number of hydrogen-bond donors (Lipinski definition) is 1. The molecule has 0 fully saturated rings. The Bertz CT molecular complexity index is 676. The molecule has 1 N–H and O–H groups in total. The standard InChI is InChI=1S/C15H14F2N2O2/c1-9(13-6-11(16)3-4-14(13)17)19(2)15(21)10-5-12(20)8-18-7-10/h3-9,20H,1-2H3. The monoisotopic (exact) mass is 292 g/mol. The second-order valence-electron chi connectivity index (χ2n) is 4.69. The molecule has 6 heteroatoms. The third-order valence-electron chi connectivity index (χ3n) is 3.28. The van der Waals surface area contributed by atoms with Crippen molar-refractivity contribution in [2.75, 3.05) is 7.05 Å². The van der Waals surface area contributed by atoms with Crippen LogP contribution in [0.3, 0.4) is 0 Å². The molecular weight excluding hydrogens is 278 g/mol. The molecule has 1 atom stereocenters. The van der Waals surface area contributed by atoms with Gasteiger partial charge in [0, 0.05) is 18.8 Å². The second kappa shape index (κ2) is 5.87. The van der Waals surface area contributed by atoms with Crippen molar-refractivity contribution in [3.63, 3.8) is 0 Å². The van der Waals surface area contributed by atoms with Gasteiger partial charge in [-0.25, -0.2) is 8.78 Å². The van der Waals surface area contributed by atoms with Gasteiger partial charge in [0.25, 0.3) is 5.91 Å². The van der Waals surface area contributed by atoms with Crippen LogP contribution in [0, 0.1) is 11.6 Å². The van der Waals surface area contributed by atoms with Gasteiger partial charge in [-0.2, -0.15) is 0 Å². The molecule has 0 aliphatic heterocycles. The highest BCUT2D eigenvalue weighted by Gasteiger charge is 2.22.